The highest BCUT2D eigenvalue weighted by molar-refractivity contribution is 5.94. The molecule has 2 aromatic rings. The van der Waals surface area contributed by atoms with Gasteiger partial charge in [0.2, 0.25) is 0 Å². The summed E-state index contributed by atoms with van der Waals surface area (Å²) in [4.78, 5) is 17.4. The zero-order valence-corrected chi connectivity index (χ0v) is 16.6. The fourth-order valence-electron chi connectivity index (χ4n) is 4.06. The molecular weight excluding hydrogens is 352 g/mol. The third-order valence-corrected chi connectivity index (χ3v) is 5.70. The molecule has 3 N–H and O–H groups in total. The number of carbonyl (C=O) groups excluding carboxylic acids is 1. The number of aryl methyl sites for hydroxylation is 1. The van der Waals surface area contributed by atoms with Gasteiger partial charge >= 0.3 is 0 Å². The number of fused-ring (bicyclic) bond motifs is 1. The first-order valence-corrected chi connectivity index (χ1v) is 10.3. The van der Waals surface area contributed by atoms with Crippen LogP contribution in [0.5, 0.6) is 0 Å². The Morgan fingerprint density at radius 3 is 2.93 bits per heavy atom. The summed E-state index contributed by atoms with van der Waals surface area (Å²) < 4.78 is 0. The number of hydrogen-bond acceptors (Lipinski definition) is 5. The van der Waals surface area contributed by atoms with Crippen molar-refractivity contribution in [3.05, 3.63) is 46.8 Å². The van der Waals surface area contributed by atoms with Crippen LogP contribution in [0.4, 0.5) is 5.69 Å². The molecule has 150 valence electrons. The quantitative estimate of drug-likeness (QED) is 0.657. The lowest BCUT2D eigenvalue weighted by atomic mass is 10.1. The van der Waals surface area contributed by atoms with Crippen molar-refractivity contribution in [3.63, 3.8) is 0 Å². The van der Waals surface area contributed by atoms with Crippen LogP contribution in [0.1, 0.15) is 33.7 Å². The van der Waals surface area contributed by atoms with E-state index in [1.165, 1.54) is 11.3 Å². The normalized spacial score (nSPS) is 17.4. The smallest absolute Gasteiger partial charge is 0.272 e. The van der Waals surface area contributed by atoms with Gasteiger partial charge in [0.05, 0.1) is 0 Å². The van der Waals surface area contributed by atoms with Crippen LogP contribution in [-0.2, 0) is 13.0 Å². The Kier molecular flexibility index (Phi) is 5.92. The number of piperazine rings is 1. The topological polar surface area (TPSA) is 76.3 Å². The minimum atomic E-state index is -0.0644. The molecule has 4 rings (SSSR count). The number of H-pyrrole nitrogens is 1. The van der Waals surface area contributed by atoms with Gasteiger partial charge in [0, 0.05) is 69.2 Å². The molecule has 1 aromatic carbocycles. The van der Waals surface area contributed by atoms with Crippen LogP contribution in [0.3, 0.4) is 0 Å². The van der Waals surface area contributed by atoms with Crippen LogP contribution >= 0.6 is 0 Å². The van der Waals surface area contributed by atoms with Gasteiger partial charge < -0.3 is 15.5 Å². The average molecular weight is 383 g/mol. The number of carbonyl (C=O) groups is 1. The number of amides is 1. The lowest BCUT2D eigenvalue weighted by molar-refractivity contribution is 0.0945. The second-order valence-corrected chi connectivity index (χ2v) is 7.73. The first-order chi connectivity index (χ1) is 13.7. The van der Waals surface area contributed by atoms with Gasteiger partial charge in [-0.15, -0.1) is 0 Å². The standard InChI is InChI=1S/C21H30N6O/c1-16-4-2-5-17(14-16)27-12-10-26(11-13-27)9-3-7-23-21(28)20-18-15-22-8-6-19(18)24-25-20/h2,4-5,14,22H,3,6-13,15H2,1H3,(H,23,28)(H,24,25). The highest BCUT2D eigenvalue weighted by Gasteiger charge is 2.21. The van der Waals surface area contributed by atoms with Crippen molar-refractivity contribution in [2.75, 3.05) is 50.7 Å². The van der Waals surface area contributed by atoms with Crippen LogP contribution in [0.15, 0.2) is 24.3 Å². The molecule has 1 saturated heterocycles. The molecule has 1 amide bonds. The molecule has 0 aliphatic carbocycles. The molecule has 0 unspecified atom stereocenters. The van der Waals surface area contributed by atoms with Gasteiger partial charge in [-0.25, -0.2) is 0 Å². The Balaban J connectivity index is 1.17. The van der Waals surface area contributed by atoms with Crippen molar-refractivity contribution in [2.24, 2.45) is 0 Å². The SMILES string of the molecule is Cc1cccc(N2CCN(CCCNC(=O)c3n[nH]c4c3CNCC4)CC2)c1. The Morgan fingerprint density at radius 1 is 1.25 bits per heavy atom. The van der Waals surface area contributed by atoms with Gasteiger partial charge in [0.15, 0.2) is 5.69 Å². The Labute approximate surface area is 166 Å². The van der Waals surface area contributed by atoms with Gasteiger partial charge in [0.25, 0.3) is 5.91 Å². The summed E-state index contributed by atoms with van der Waals surface area (Å²) in [6, 6.07) is 8.73. The summed E-state index contributed by atoms with van der Waals surface area (Å²) in [5, 5.41) is 13.6. The molecule has 0 atom stereocenters. The lowest BCUT2D eigenvalue weighted by Crippen LogP contribution is -2.47. The highest BCUT2D eigenvalue weighted by Crippen LogP contribution is 2.18. The summed E-state index contributed by atoms with van der Waals surface area (Å²) in [7, 11) is 0. The molecule has 7 heteroatoms. The molecule has 7 nitrogen and oxygen atoms in total. The van der Waals surface area contributed by atoms with E-state index in [1.807, 2.05) is 0 Å². The van der Waals surface area contributed by atoms with Crippen LogP contribution in [0.25, 0.3) is 0 Å². The molecule has 0 radical (unpaired) electrons. The molecule has 0 spiro atoms. The number of aromatic amines is 1. The van der Waals surface area contributed by atoms with Gasteiger partial charge in [-0.05, 0) is 37.6 Å². The molecule has 28 heavy (non-hydrogen) atoms. The van der Waals surface area contributed by atoms with Gasteiger partial charge in [-0.1, -0.05) is 12.1 Å². The predicted molar refractivity (Wildman–Crippen MR) is 111 cm³/mol. The lowest BCUT2D eigenvalue weighted by Gasteiger charge is -2.36. The van der Waals surface area contributed by atoms with Crippen LogP contribution in [0, 0.1) is 6.92 Å². The molecular formula is C21H30N6O. The zero-order valence-electron chi connectivity index (χ0n) is 16.6. The van der Waals surface area contributed by atoms with Crippen molar-refractivity contribution >= 4 is 11.6 Å². The van der Waals surface area contributed by atoms with E-state index in [-0.39, 0.29) is 5.91 Å². The third kappa shape index (κ3) is 4.36. The maximum Gasteiger partial charge on any atom is 0.272 e. The van der Waals surface area contributed by atoms with E-state index in [0.29, 0.717) is 12.2 Å². The third-order valence-electron chi connectivity index (χ3n) is 5.70. The fourth-order valence-corrected chi connectivity index (χ4v) is 4.06. The van der Waals surface area contributed by atoms with E-state index in [9.17, 15) is 4.79 Å². The zero-order chi connectivity index (χ0) is 19.3. The Hall–Kier alpha value is -2.38. The van der Waals surface area contributed by atoms with Crippen molar-refractivity contribution in [1.29, 1.82) is 0 Å². The Morgan fingerprint density at radius 2 is 2.11 bits per heavy atom. The van der Waals surface area contributed by atoms with Gasteiger partial charge in [-0.3, -0.25) is 14.8 Å². The number of aromatic nitrogens is 2. The average Bonchev–Trinajstić information content (AvgIpc) is 3.16. The summed E-state index contributed by atoms with van der Waals surface area (Å²) >= 11 is 0. The number of hydrogen-bond donors (Lipinski definition) is 3. The monoisotopic (exact) mass is 382 g/mol. The van der Waals surface area contributed by atoms with E-state index in [1.54, 1.807) is 0 Å². The van der Waals surface area contributed by atoms with Crippen molar-refractivity contribution in [3.8, 4) is 0 Å². The number of nitrogens with one attached hydrogen (secondary N) is 3. The minimum Gasteiger partial charge on any atom is -0.369 e. The second-order valence-electron chi connectivity index (χ2n) is 7.73. The maximum absolute atomic E-state index is 12.4. The van der Waals surface area contributed by atoms with Gasteiger partial charge in [-0.2, -0.15) is 5.10 Å². The summed E-state index contributed by atoms with van der Waals surface area (Å²) in [5.74, 6) is -0.0644. The van der Waals surface area contributed by atoms with Crippen LogP contribution < -0.4 is 15.5 Å². The van der Waals surface area contributed by atoms with E-state index in [2.05, 4.69) is 61.8 Å². The van der Waals surface area contributed by atoms with Crippen molar-refractivity contribution in [1.82, 2.24) is 25.7 Å². The molecule has 0 saturated carbocycles. The van der Waals surface area contributed by atoms with E-state index < -0.39 is 0 Å². The number of nitrogens with zero attached hydrogens (tertiary/aromatic N) is 3. The largest absolute Gasteiger partial charge is 0.369 e. The first kappa shape index (κ1) is 19.0. The highest BCUT2D eigenvalue weighted by atomic mass is 16.1. The molecule has 1 aromatic heterocycles. The summed E-state index contributed by atoms with van der Waals surface area (Å²) in [6.07, 6.45) is 1.87. The van der Waals surface area contributed by atoms with Crippen molar-refractivity contribution < 1.29 is 4.79 Å². The molecule has 2 aliphatic rings. The van der Waals surface area contributed by atoms with Crippen LogP contribution in [-0.4, -0.2) is 66.8 Å². The molecule has 2 aliphatic heterocycles. The minimum absolute atomic E-state index is 0.0644. The van der Waals surface area contributed by atoms with E-state index in [4.69, 9.17) is 0 Å². The Bertz CT molecular complexity index is 809. The number of benzene rings is 1. The second kappa shape index (κ2) is 8.75. The molecule has 1 fully saturated rings. The maximum atomic E-state index is 12.4. The predicted octanol–water partition coefficient (Wildman–Crippen LogP) is 1.31. The van der Waals surface area contributed by atoms with Gasteiger partial charge in [0.1, 0.15) is 0 Å². The number of anilines is 1. The summed E-state index contributed by atoms with van der Waals surface area (Å²) in [5.41, 5.74) is 5.30. The first-order valence-electron chi connectivity index (χ1n) is 10.3. The molecule has 0 bridgehead atoms. The fraction of sp³-hybridized carbons (Fsp3) is 0.524. The van der Waals surface area contributed by atoms with Crippen molar-refractivity contribution in [2.45, 2.75) is 26.3 Å². The summed E-state index contributed by atoms with van der Waals surface area (Å²) in [6.45, 7) is 9.76. The van der Waals surface area contributed by atoms with E-state index in [0.717, 1.165) is 69.9 Å². The molecule has 3 heterocycles. The van der Waals surface area contributed by atoms with Crippen LogP contribution in [0.2, 0.25) is 0 Å². The van der Waals surface area contributed by atoms with E-state index >= 15 is 0 Å². The number of rotatable bonds is 6.